The highest BCUT2D eigenvalue weighted by molar-refractivity contribution is 5.82. The van der Waals surface area contributed by atoms with Crippen molar-refractivity contribution >= 4 is 18.0 Å². The van der Waals surface area contributed by atoms with E-state index in [9.17, 15) is 19.5 Å². The molecule has 1 aliphatic carbocycles. The Morgan fingerprint density at radius 3 is 2.08 bits per heavy atom. The number of hydrogen-bond donors (Lipinski definition) is 2. The number of rotatable bonds is 10. The highest BCUT2D eigenvalue weighted by atomic mass is 16.5. The molecule has 3 aromatic carbocycles. The summed E-state index contributed by atoms with van der Waals surface area (Å²) in [6, 6.07) is 25.0. The van der Waals surface area contributed by atoms with Gasteiger partial charge in [-0.25, -0.2) is 4.79 Å². The number of alkyl carbamates (subject to hydrolysis) is 1. The highest BCUT2D eigenvalue weighted by Gasteiger charge is 2.29. The second-order valence-corrected chi connectivity index (χ2v) is 8.91. The van der Waals surface area contributed by atoms with Crippen LogP contribution in [-0.4, -0.2) is 47.2 Å². The third kappa shape index (κ3) is 5.92. The Labute approximate surface area is 210 Å². The van der Waals surface area contributed by atoms with Gasteiger partial charge >= 0.3 is 12.1 Å². The van der Waals surface area contributed by atoms with Crippen LogP contribution in [0, 0.1) is 0 Å². The van der Waals surface area contributed by atoms with Gasteiger partial charge in [-0.3, -0.25) is 9.59 Å². The average Bonchev–Trinajstić information content (AvgIpc) is 3.20. The molecule has 1 aliphatic rings. The van der Waals surface area contributed by atoms with Crippen LogP contribution in [0.4, 0.5) is 4.79 Å². The van der Waals surface area contributed by atoms with Gasteiger partial charge in [0.1, 0.15) is 13.2 Å². The van der Waals surface area contributed by atoms with Crippen molar-refractivity contribution < 1.29 is 24.2 Å². The molecule has 4 rings (SSSR count). The normalized spacial score (nSPS) is 12.8. The summed E-state index contributed by atoms with van der Waals surface area (Å²) in [5.41, 5.74) is 5.38. The molecule has 0 fully saturated rings. The van der Waals surface area contributed by atoms with Crippen molar-refractivity contribution in [3.05, 3.63) is 95.6 Å². The van der Waals surface area contributed by atoms with E-state index in [1.165, 1.54) is 4.90 Å². The van der Waals surface area contributed by atoms with Crippen molar-refractivity contribution in [1.29, 1.82) is 0 Å². The van der Waals surface area contributed by atoms with E-state index in [1.54, 1.807) is 0 Å². The number of carboxylic acid groups (broad SMARTS) is 1. The highest BCUT2D eigenvalue weighted by Crippen LogP contribution is 2.44. The third-order valence-corrected chi connectivity index (χ3v) is 6.47. The van der Waals surface area contributed by atoms with E-state index in [-0.39, 0.29) is 31.4 Å². The van der Waals surface area contributed by atoms with Crippen LogP contribution in [-0.2, 0) is 20.9 Å². The van der Waals surface area contributed by atoms with Gasteiger partial charge in [0.25, 0.3) is 0 Å². The Morgan fingerprint density at radius 2 is 1.50 bits per heavy atom. The molecule has 0 radical (unpaired) electrons. The number of benzene rings is 3. The second kappa shape index (κ2) is 11.5. The molecule has 0 saturated heterocycles. The van der Waals surface area contributed by atoms with E-state index in [1.807, 2.05) is 61.5 Å². The Morgan fingerprint density at radius 1 is 0.917 bits per heavy atom. The van der Waals surface area contributed by atoms with Gasteiger partial charge in [-0.05, 0) is 34.2 Å². The van der Waals surface area contributed by atoms with Gasteiger partial charge in [0.15, 0.2) is 0 Å². The van der Waals surface area contributed by atoms with Gasteiger partial charge < -0.3 is 20.1 Å². The quantitative estimate of drug-likeness (QED) is 0.429. The molecule has 0 aliphatic heterocycles. The van der Waals surface area contributed by atoms with Crippen LogP contribution in [0.1, 0.15) is 42.4 Å². The van der Waals surface area contributed by atoms with Crippen LogP contribution >= 0.6 is 0 Å². The SMILES string of the molecule is CCC(CC(=O)N(CC(=O)O)Cc1ccccc1)NC(=O)OCC1c2ccccc2-c2ccccc21. The summed E-state index contributed by atoms with van der Waals surface area (Å²) in [4.78, 5) is 38.2. The number of hydrogen-bond acceptors (Lipinski definition) is 4. The summed E-state index contributed by atoms with van der Waals surface area (Å²) < 4.78 is 5.61. The van der Waals surface area contributed by atoms with Crippen LogP contribution in [0.3, 0.4) is 0 Å². The Bertz CT molecular complexity index is 1180. The number of fused-ring (bicyclic) bond motifs is 3. The lowest BCUT2D eigenvalue weighted by Gasteiger charge is -2.24. The first-order valence-electron chi connectivity index (χ1n) is 12.1. The monoisotopic (exact) mass is 486 g/mol. The number of carboxylic acids is 1. The van der Waals surface area contributed by atoms with Crippen molar-refractivity contribution in [2.24, 2.45) is 0 Å². The summed E-state index contributed by atoms with van der Waals surface area (Å²) in [5, 5.41) is 12.1. The first kappa shape index (κ1) is 25.0. The van der Waals surface area contributed by atoms with Crippen LogP contribution in [0.2, 0.25) is 0 Å². The van der Waals surface area contributed by atoms with Gasteiger partial charge in [-0.15, -0.1) is 0 Å². The lowest BCUT2D eigenvalue weighted by molar-refractivity contribution is -0.145. The molecule has 7 heteroatoms. The summed E-state index contributed by atoms with van der Waals surface area (Å²) in [6.07, 6.45) is -0.104. The van der Waals surface area contributed by atoms with Crippen molar-refractivity contribution in [2.75, 3.05) is 13.2 Å². The standard InChI is InChI=1S/C29H30N2O5/c1-2-21(16-27(32)31(18-28(33)34)17-20-10-4-3-5-11-20)30-29(35)36-19-26-24-14-8-6-12-22(24)23-13-7-9-15-25(23)26/h3-15,21,26H,2,16-19H2,1H3,(H,30,35)(H,33,34). The minimum Gasteiger partial charge on any atom is -0.480 e. The predicted molar refractivity (Wildman–Crippen MR) is 136 cm³/mol. The van der Waals surface area contributed by atoms with Crippen molar-refractivity contribution in [3.8, 4) is 11.1 Å². The molecule has 1 unspecified atom stereocenters. The fraction of sp³-hybridized carbons (Fsp3) is 0.276. The number of amides is 2. The van der Waals surface area contributed by atoms with E-state index in [4.69, 9.17) is 4.74 Å². The van der Waals surface area contributed by atoms with Crippen molar-refractivity contribution in [3.63, 3.8) is 0 Å². The largest absolute Gasteiger partial charge is 0.480 e. The first-order valence-corrected chi connectivity index (χ1v) is 12.1. The summed E-state index contributed by atoms with van der Waals surface area (Å²) in [6.45, 7) is 1.83. The van der Waals surface area contributed by atoms with Gasteiger partial charge in [0.2, 0.25) is 5.91 Å². The van der Waals surface area contributed by atoms with E-state index in [2.05, 4.69) is 29.6 Å². The summed E-state index contributed by atoms with van der Waals surface area (Å²) in [7, 11) is 0. The topological polar surface area (TPSA) is 95.9 Å². The van der Waals surface area contributed by atoms with E-state index >= 15 is 0 Å². The van der Waals surface area contributed by atoms with E-state index in [0.717, 1.165) is 27.8 Å². The molecule has 186 valence electrons. The van der Waals surface area contributed by atoms with Crippen LogP contribution in [0.25, 0.3) is 11.1 Å². The summed E-state index contributed by atoms with van der Waals surface area (Å²) in [5.74, 6) is -1.48. The maximum Gasteiger partial charge on any atom is 0.407 e. The molecule has 36 heavy (non-hydrogen) atoms. The number of nitrogens with one attached hydrogen (secondary N) is 1. The second-order valence-electron chi connectivity index (χ2n) is 8.91. The smallest absolute Gasteiger partial charge is 0.407 e. The van der Waals surface area contributed by atoms with Crippen LogP contribution in [0.15, 0.2) is 78.9 Å². The molecular formula is C29H30N2O5. The fourth-order valence-electron chi connectivity index (χ4n) is 4.64. The molecule has 2 N–H and O–H groups in total. The zero-order valence-electron chi connectivity index (χ0n) is 20.2. The zero-order chi connectivity index (χ0) is 25.5. The van der Waals surface area contributed by atoms with Crippen molar-refractivity contribution in [1.82, 2.24) is 10.2 Å². The van der Waals surface area contributed by atoms with E-state index in [0.29, 0.717) is 6.42 Å². The molecule has 7 nitrogen and oxygen atoms in total. The zero-order valence-corrected chi connectivity index (χ0v) is 20.2. The number of aliphatic carboxylic acids is 1. The maximum atomic E-state index is 12.9. The number of nitrogens with zero attached hydrogens (tertiary/aromatic N) is 1. The molecule has 3 aromatic rings. The first-order chi connectivity index (χ1) is 17.5. The minimum absolute atomic E-state index is 0.0131. The molecule has 0 spiro atoms. The van der Waals surface area contributed by atoms with Gasteiger partial charge in [-0.2, -0.15) is 0 Å². The molecule has 0 saturated carbocycles. The lowest BCUT2D eigenvalue weighted by atomic mass is 9.98. The maximum absolute atomic E-state index is 12.9. The molecular weight excluding hydrogens is 456 g/mol. The molecule has 2 amide bonds. The Balaban J connectivity index is 1.36. The van der Waals surface area contributed by atoms with Crippen molar-refractivity contribution in [2.45, 2.75) is 38.3 Å². The molecule has 0 aromatic heterocycles. The van der Waals surface area contributed by atoms with E-state index < -0.39 is 24.6 Å². The lowest BCUT2D eigenvalue weighted by Crippen LogP contribution is -2.42. The Hall–Kier alpha value is -4.13. The number of carbonyl (C=O) groups excluding carboxylic acids is 2. The predicted octanol–water partition coefficient (Wildman–Crippen LogP) is 4.81. The van der Waals surface area contributed by atoms with Gasteiger partial charge in [0.05, 0.1) is 0 Å². The van der Waals surface area contributed by atoms with Crippen LogP contribution in [0.5, 0.6) is 0 Å². The average molecular weight is 487 g/mol. The van der Waals surface area contributed by atoms with Gasteiger partial charge in [-0.1, -0.05) is 85.8 Å². The third-order valence-electron chi connectivity index (χ3n) is 6.47. The van der Waals surface area contributed by atoms with Gasteiger partial charge in [0, 0.05) is 24.9 Å². The minimum atomic E-state index is -1.09. The fourth-order valence-corrected chi connectivity index (χ4v) is 4.64. The summed E-state index contributed by atoms with van der Waals surface area (Å²) >= 11 is 0. The molecule has 1 atom stereocenters. The Kier molecular flexibility index (Phi) is 8.00. The number of ether oxygens (including phenoxy) is 1. The molecule has 0 bridgehead atoms. The van der Waals surface area contributed by atoms with Crippen LogP contribution < -0.4 is 5.32 Å². The number of carbonyl (C=O) groups is 3. The molecule has 0 heterocycles.